The van der Waals surface area contributed by atoms with E-state index in [4.69, 9.17) is 0 Å². The maximum absolute atomic E-state index is 4.55. The lowest BCUT2D eigenvalue weighted by Gasteiger charge is -2.05. The highest BCUT2D eigenvalue weighted by Gasteiger charge is 2.00. The van der Waals surface area contributed by atoms with Crippen molar-refractivity contribution in [3.8, 4) is 0 Å². The minimum atomic E-state index is 1.17. The summed E-state index contributed by atoms with van der Waals surface area (Å²) in [6, 6.07) is 0. The van der Waals surface area contributed by atoms with Crippen LogP contribution in [0.3, 0.4) is 0 Å². The maximum atomic E-state index is 4.55. The van der Waals surface area contributed by atoms with Crippen LogP contribution in [-0.4, -0.2) is 24.8 Å². The quantitative estimate of drug-likeness (QED) is 0.511. The molecular weight excluding hydrogens is 190 g/mol. The van der Waals surface area contributed by atoms with E-state index >= 15 is 0 Å². The Kier molecular flexibility index (Phi) is 8.93. The van der Waals surface area contributed by atoms with Gasteiger partial charge in [-0.2, -0.15) is 0 Å². The highest BCUT2D eigenvalue weighted by molar-refractivity contribution is 8.09. The highest BCUT2D eigenvalue weighted by atomic mass is 32.2. The van der Waals surface area contributed by atoms with Gasteiger partial charge in [-0.15, -0.1) is 23.5 Å². The zero-order chi connectivity index (χ0) is 9.23. The van der Waals surface area contributed by atoms with E-state index in [1.54, 1.807) is 13.3 Å². The standard InChI is InChI=1S/C6H9NOS2.C2H6/c1-8-7-4-6-5-9-2-3-10-6;1-2/h4-5H,2-3H2,1H3;1-2H3/b7-4+;. The van der Waals surface area contributed by atoms with Crippen LogP contribution in [0.2, 0.25) is 0 Å². The van der Waals surface area contributed by atoms with E-state index in [0.717, 1.165) is 0 Å². The number of hydrogen-bond donors (Lipinski definition) is 0. The number of hydrogen-bond acceptors (Lipinski definition) is 4. The molecule has 0 fully saturated rings. The molecule has 0 bridgehead atoms. The topological polar surface area (TPSA) is 21.6 Å². The van der Waals surface area contributed by atoms with E-state index in [9.17, 15) is 0 Å². The monoisotopic (exact) mass is 205 g/mol. The van der Waals surface area contributed by atoms with Gasteiger partial charge in [0.1, 0.15) is 7.11 Å². The van der Waals surface area contributed by atoms with Gasteiger partial charge in [-0.25, -0.2) is 0 Å². The van der Waals surface area contributed by atoms with Crippen molar-refractivity contribution >= 4 is 29.7 Å². The number of nitrogens with zero attached hydrogens (tertiary/aromatic N) is 1. The molecule has 70 valence electrons. The zero-order valence-corrected chi connectivity index (χ0v) is 9.37. The molecule has 1 aliphatic heterocycles. The molecule has 0 radical (unpaired) electrons. The fourth-order valence-corrected chi connectivity index (χ4v) is 2.45. The van der Waals surface area contributed by atoms with E-state index < -0.39 is 0 Å². The van der Waals surface area contributed by atoms with Crippen molar-refractivity contribution in [1.29, 1.82) is 0 Å². The van der Waals surface area contributed by atoms with Crippen LogP contribution in [0.15, 0.2) is 15.5 Å². The number of oxime groups is 1. The van der Waals surface area contributed by atoms with Crippen molar-refractivity contribution in [2.45, 2.75) is 13.8 Å². The van der Waals surface area contributed by atoms with Gasteiger partial charge in [-0.1, -0.05) is 19.0 Å². The Hall–Kier alpha value is -0.0900. The molecule has 1 heterocycles. The Morgan fingerprint density at radius 3 is 2.75 bits per heavy atom. The molecule has 0 unspecified atom stereocenters. The lowest BCUT2D eigenvalue weighted by Crippen LogP contribution is -1.91. The van der Waals surface area contributed by atoms with Crippen LogP contribution in [0.4, 0.5) is 0 Å². The number of allylic oxidation sites excluding steroid dienone is 1. The number of thioether (sulfide) groups is 2. The minimum Gasteiger partial charge on any atom is -0.399 e. The smallest absolute Gasteiger partial charge is 0.106 e. The lowest BCUT2D eigenvalue weighted by atomic mass is 10.7. The van der Waals surface area contributed by atoms with E-state index in [1.165, 1.54) is 16.4 Å². The van der Waals surface area contributed by atoms with Crippen molar-refractivity contribution in [2.75, 3.05) is 18.6 Å². The summed E-state index contributed by atoms with van der Waals surface area (Å²) in [5.74, 6) is 2.38. The largest absolute Gasteiger partial charge is 0.399 e. The van der Waals surface area contributed by atoms with E-state index in [-0.39, 0.29) is 0 Å². The molecule has 0 aliphatic carbocycles. The van der Waals surface area contributed by atoms with Gasteiger partial charge in [-0.05, 0) is 5.41 Å². The maximum Gasteiger partial charge on any atom is 0.106 e. The van der Waals surface area contributed by atoms with Crippen LogP contribution in [0.1, 0.15) is 13.8 Å². The summed E-state index contributed by atoms with van der Waals surface area (Å²) >= 11 is 3.64. The van der Waals surface area contributed by atoms with Gasteiger partial charge in [0.2, 0.25) is 0 Å². The summed E-state index contributed by atoms with van der Waals surface area (Å²) in [4.78, 5) is 5.74. The molecule has 2 nitrogen and oxygen atoms in total. The molecular formula is C8H15NOS2. The summed E-state index contributed by atoms with van der Waals surface area (Å²) in [7, 11) is 1.55. The van der Waals surface area contributed by atoms with Crippen molar-refractivity contribution in [3.05, 3.63) is 10.3 Å². The lowest BCUT2D eigenvalue weighted by molar-refractivity contribution is 0.215. The second-order valence-electron chi connectivity index (χ2n) is 1.66. The van der Waals surface area contributed by atoms with Crippen LogP contribution in [0.5, 0.6) is 0 Å². The molecule has 12 heavy (non-hydrogen) atoms. The summed E-state index contributed by atoms with van der Waals surface area (Å²) in [6.45, 7) is 4.00. The molecule has 0 spiro atoms. The van der Waals surface area contributed by atoms with Crippen LogP contribution >= 0.6 is 23.5 Å². The zero-order valence-electron chi connectivity index (χ0n) is 7.74. The first-order valence-corrected chi connectivity index (χ1v) is 5.98. The Bertz CT molecular complexity index is 157. The second-order valence-corrected chi connectivity index (χ2v) is 3.80. The van der Waals surface area contributed by atoms with E-state index in [0.29, 0.717) is 0 Å². The van der Waals surface area contributed by atoms with Crippen molar-refractivity contribution in [3.63, 3.8) is 0 Å². The summed E-state index contributed by atoms with van der Waals surface area (Å²) < 4.78 is 0. The fraction of sp³-hybridized carbons (Fsp3) is 0.625. The molecule has 0 amide bonds. The SMILES string of the molecule is CC.CO/N=C/C1=CSCCS1. The second kappa shape index (κ2) is 9.00. The third kappa shape index (κ3) is 5.55. The van der Waals surface area contributed by atoms with Gasteiger partial charge in [0.25, 0.3) is 0 Å². The summed E-state index contributed by atoms with van der Waals surface area (Å²) in [5, 5.41) is 5.78. The normalized spacial score (nSPS) is 16.4. The number of rotatable bonds is 2. The molecule has 1 rings (SSSR count). The Morgan fingerprint density at radius 1 is 1.50 bits per heavy atom. The van der Waals surface area contributed by atoms with E-state index in [2.05, 4.69) is 15.4 Å². The molecule has 0 aromatic rings. The molecule has 0 aromatic carbocycles. The minimum absolute atomic E-state index is 1.17. The van der Waals surface area contributed by atoms with Gasteiger partial charge in [0, 0.05) is 16.4 Å². The van der Waals surface area contributed by atoms with Gasteiger partial charge in [0.05, 0.1) is 6.21 Å². The van der Waals surface area contributed by atoms with Gasteiger partial charge in [-0.3, -0.25) is 0 Å². The Balaban J connectivity index is 0.000000561. The van der Waals surface area contributed by atoms with Crippen LogP contribution in [0.25, 0.3) is 0 Å². The molecule has 0 atom stereocenters. The van der Waals surface area contributed by atoms with E-state index in [1.807, 2.05) is 37.4 Å². The van der Waals surface area contributed by atoms with Gasteiger partial charge in [0.15, 0.2) is 0 Å². The molecule has 4 heteroatoms. The molecule has 0 aromatic heterocycles. The first-order valence-electron chi connectivity index (χ1n) is 3.94. The van der Waals surface area contributed by atoms with Crippen molar-refractivity contribution in [1.82, 2.24) is 0 Å². The van der Waals surface area contributed by atoms with Crippen molar-refractivity contribution < 1.29 is 4.84 Å². The Morgan fingerprint density at radius 2 is 2.25 bits per heavy atom. The fourth-order valence-electron chi connectivity index (χ4n) is 0.555. The van der Waals surface area contributed by atoms with Crippen LogP contribution < -0.4 is 0 Å². The highest BCUT2D eigenvalue weighted by Crippen LogP contribution is 2.24. The summed E-state index contributed by atoms with van der Waals surface area (Å²) in [6.07, 6.45) is 1.75. The first kappa shape index (κ1) is 11.9. The van der Waals surface area contributed by atoms with Crippen LogP contribution in [0, 0.1) is 0 Å². The van der Waals surface area contributed by atoms with Gasteiger partial charge < -0.3 is 4.84 Å². The Labute approximate surface area is 82.8 Å². The third-order valence-electron chi connectivity index (χ3n) is 0.955. The van der Waals surface area contributed by atoms with Gasteiger partial charge >= 0.3 is 0 Å². The average molecular weight is 205 g/mol. The first-order chi connectivity index (χ1) is 5.93. The predicted molar refractivity (Wildman–Crippen MR) is 59.8 cm³/mol. The summed E-state index contributed by atoms with van der Waals surface area (Å²) in [5.41, 5.74) is 0. The predicted octanol–water partition coefficient (Wildman–Crippen LogP) is 2.97. The average Bonchev–Trinajstić information content (AvgIpc) is 2.19. The molecule has 0 N–H and O–H groups in total. The van der Waals surface area contributed by atoms with Crippen molar-refractivity contribution in [2.24, 2.45) is 5.16 Å². The van der Waals surface area contributed by atoms with Crippen LogP contribution in [-0.2, 0) is 4.84 Å². The molecule has 1 aliphatic rings. The molecule has 0 saturated carbocycles. The third-order valence-corrected chi connectivity index (χ3v) is 3.19. The molecule has 0 saturated heterocycles.